The molecule has 0 bridgehead atoms. The normalized spacial score (nSPS) is 11.2. The van der Waals surface area contributed by atoms with Gasteiger partial charge in [-0.1, -0.05) is 29.8 Å². The van der Waals surface area contributed by atoms with Crippen molar-refractivity contribution in [1.29, 1.82) is 0 Å². The zero-order chi connectivity index (χ0) is 13.4. The molecule has 5 heteroatoms. The largest absolute Gasteiger partial charge is 0.383 e. The Labute approximate surface area is 114 Å². The molecule has 3 nitrogen and oxygen atoms in total. The lowest BCUT2D eigenvalue weighted by atomic mass is 10.1. The van der Waals surface area contributed by atoms with E-state index in [1.807, 2.05) is 25.5 Å². The van der Waals surface area contributed by atoms with Crippen LogP contribution in [-0.4, -0.2) is 9.55 Å². The quantitative estimate of drug-likeness (QED) is 0.919. The molecule has 0 saturated heterocycles. The molecule has 0 atom stereocenters. The summed E-state index contributed by atoms with van der Waals surface area (Å²) in [6.45, 7) is 4.06. The molecule has 0 radical (unpaired) electrons. The van der Waals surface area contributed by atoms with Gasteiger partial charge in [-0.25, -0.2) is 9.37 Å². The fourth-order valence-electron chi connectivity index (χ4n) is 1.93. The lowest BCUT2D eigenvalue weighted by Crippen LogP contribution is -2.02. The molecular weight excluding hydrogens is 297 g/mol. The molecule has 0 fully saturated rings. The Bertz CT molecular complexity index is 590. The third kappa shape index (κ3) is 2.14. The predicted octanol–water partition coefficient (Wildman–Crippen LogP) is 3.69. The third-order valence-corrected chi connectivity index (χ3v) is 3.37. The SMILES string of the molecule is CC(C)c1nc(-c2ccc(Br)cc2F)c(N)n1C. The van der Waals surface area contributed by atoms with Crippen molar-refractivity contribution in [2.45, 2.75) is 19.8 Å². The van der Waals surface area contributed by atoms with Crippen LogP contribution in [0, 0.1) is 5.82 Å². The van der Waals surface area contributed by atoms with Gasteiger partial charge in [0.05, 0.1) is 0 Å². The highest BCUT2D eigenvalue weighted by molar-refractivity contribution is 9.10. The molecule has 0 spiro atoms. The molecule has 2 N–H and O–H groups in total. The van der Waals surface area contributed by atoms with Crippen molar-refractivity contribution in [2.24, 2.45) is 7.05 Å². The maximum absolute atomic E-state index is 13.9. The number of nitrogens with two attached hydrogens (primary N) is 1. The molecule has 0 aliphatic heterocycles. The van der Waals surface area contributed by atoms with Crippen LogP contribution in [0.2, 0.25) is 0 Å². The van der Waals surface area contributed by atoms with Crippen molar-refractivity contribution in [2.75, 3.05) is 5.73 Å². The lowest BCUT2D eigenvalue weighted by molar-refractivity contribution is 0.630. The minimum Gasteiger partial charge on any atom is -0.383 e. The first-order chi connectivity index (χ1) is 8.41. The Hall–Kier alpha value is -1.36. The molecule has 96 valence electrons. The van der Waals surface area contributed by atoms with Gasteiger partial charge in [0.25, 0.3) is 0 Å². The molecule has 2 aromatic rings. The molecule has 1 aromatic heterocycles. The Balaban J connectivity index is 2.61. The summed E-state index contributed by atoms with van der Waals surface area (Å²) in [4.78, 5) is 4.45. The summed E-state index contributed by atoms with van der Waals surface area (Å²) in [5.74, 6) is 1.25. The van der Waals surface area contributed by atoms with E-state index >= 15 is 0 Å². The van der Waals surface area contributed by atoms with Gasteiger partial charge in [0.1, 0.15) is 23.2 Å². The summed E-state index contributed by atoms with van der Waals surface area (Å²) >= 11 is 3.23. The Morgan fingerprint density at radius 3 is 2.56 bits per heavy atom. The zero-order valence-electron chi connectivity index (χ0n) is 10.5. The smallest absolute Gasteiger partial charge is 0.133 e. The van der Waals surface area contributed by atoms with Crippen molar-refractivity contribution in [3.05, 3.63) is 34.3 Å². The van der Waals surface area contributed by atoms with Crippen LogP contribution in [0.1, 0.15) is 25.6 Å². The van der Waals surface area contributed by atoms with Gasteiger partial charge in [-0.2, -0.15) is 0 Å². The van der Waals surface area contributed by atoms with Crippen LogP contribution < -0.4 is 5.73 Å². The van der Waals surface area contributed by atoms with Crippen molar-refractivity contribution in [3.63, 3.8) is 0 Å². The number of hydrogen-bond donors (Lipinski definition) is 1. The van der Waals surface area contributed by atoms with Gasteiger partial charge in [0, 0.05) is 23.0 Å². The maximum Gasteiger partial charge on any atom is 0.133 e. The number of nitrogens with zero attached hydrogens (tertiary/aromatic N) is 2. The standard InChI is InChI=1S/C13H15BrFN3/c1-7(2)13-17-11(12(16)18(13)3)9-5-4-8(14)6-10(9)15/h4-7H,16H2,1-3H3. The summed E-state index contributed by atoms with van der Waals surface area (Å²) in [5.41, 5.74) is 6.94. The number of anilines is 1. The molecule has 0 unspecified atom stereocenters. The summed E-state index contributed by atoms with van der Waals surface area (Å²) in [6, 6.07) is 4.88. The monoisotopic (exact) mass is 311 g/mol. The summed E-state index contributed by atoms with van der Waals surface area (Å²) in [6.07, 6.45) is 0. The van der Waals surface area contributed by atoms with Crippen molar-refractivity contribution in [1.82, 2.24) is 9.55 Å². The predicted molar refractivity (Wildman–Crippen MR) is 74.8 cm³/mol. The third-order valence-electron chi connectivity index (χ3n) is 2.88. The maximum atomic E-state index is 13.9. The van der Waals surface area contributed by atoms with Gasteiger partial charge in [0.2, 0.25) is 0 Å². The molecule has 0 aliphatic rings. The van der Waals surface area contributed by atoms with E-state index in [4.69, 9.17) is 5.73 Å². The molecular formula is C13H15BrFN3. The fraction of sp³-hybridized carbons (Fsp3) is 0.308. The van der Waals surface area contributed by atoms with Crippen LogP contribution in [0.3, 0.4) is 0 Å². The first-order valence-corrected chi connectivity index (χ1v) is 6.48. The first-order valence-electron chi connectivity index (χ1n) is 5.69. The summed E-state index contributed by atoms with van der Waals surface area (Å²) in [5, 5.41) is 0. The van der Waals surface area contributed by atoms with Crippen molar-refractivity contribution in [3.8, 4) is 11.3 Å². The van der Waals surface area contributed by atoms with Crippen molar-refractivity contribution < 1.29 is 4.39 Å². The second-order valence-electron chi connectivity index (χ2n) is 4.54. The number of halogens is 2. The van der Waals surface area contributed by atoms with Gasteiger partial charge in [0.15, 0.2) is 0 Å². The zero-order valence-corrected chi connectivity index (χ0v) is 12.1. The minimum atomic E-state index is -0.329. The van der Waals surface area contributed by atoms with E-state index in [2.05, 4.69) is 20.9 Å². The number of imidazole rings is 1. The highest BCUT2D eigenvalue weighted by atomic mass is 79.9. The van der Waals surface area contributed by atoms with Crippen LogP contribution in [0.15, 0.2) is 22.7 Å². The summed E-state index contributed by atoms with van der Waals surface area (Å²) in [7, 11) is 1.85. The van der Waals surface area contributed by atoms with Crippen LogP contribution in [0.5, 0.6) is 0 Å². The van der Waals surface area contributed by atoms with Gasteiger partial charge >= 0.3 is 0 Å². The van der Waals surface area contributed by atoms with Gasteiger partial charge < -0.3 is 10.3 Å². The van der Waals surface area contributed by atoms with Gasteiger partial charge in [-0.15, -0.1) is 0 Å². The van der Waals surface area contributed by atoms with E-state index < -0.39 is 0 Å². The average molecular weight is 312 g/mol. The number of aromatic nitrogens is 2. The summed E-state index contributed by atoms with van der Waals surface area (Å²) < 4.78 is 16.4. The minimum absolute atomic E-state index is 0.240. The van der Waals surface area contributed by atoms with Crippen LogP contribution in [0.25, 0.3) is 11.3 Å². The number of benzene rings is 1. The molecule has 0 saturated carbocycles. The molecule has 0 amide bonds. The first kappa shape index (κ1) is 13.1. The Morgan fingerprint density at radius 2 is 2.06 bits per heavy atom. The van der Waals surface area contributed by atoms with Gasteiger partial charge in [-0.05, 0) is 18.2 Å². The second kappa shape index (κ2) is 4.72. The lowest BCUT2D eigenvalue weighted by Gasteiger charge is -2.04. The Morgan fingerprint density at radius 1 is 1.39 bits per heavy atom. The van der Waals surface area contributed by atoms with E-state index in [0.717, 1.165) is 5.82 Å². The molecule has 0 aliphatic carbocycles. The topological polar surface area (TPSA) is 43.8 Å². The van der Waals surface area contributed by atoms with Crippen LogP contribution in [0.4, 0.5) is 10.2 Å². The molecule has 18 heavy (non-hydrogen) atoms. The average Bonchev–Trinajstić information content (AvgIpc) is 2.57. The second-order valence-corrected chi connectivity index (χ2v) is 5.46. The van der Waals surface area contributed by atoms with E-state index in [1.165, 1.54) is 6.07 Å². The van der Waals surface area contributed by atoms with Crippen LogP contribution in [-0.2, 0) is 7.05 Å². The highest BCUT2D eigenvalue weighted by Gasteiger charge is 2.18. The number of hydrogen-bond acceptors (Lipinski definition) is 2. The Kier molecular flexibility index (Phi) is 3.43. The molecule has 1 aromatic carbocycles. The van der Waals surface area contributed by atoms with E-state index in [0.29, 0.717) is 21.5 Å². The van der Waals surface area contributed by atoms with Crippen molar-refractivity contribution >= 4 is 21.7 Å². The van der Waals surface area contributed by atoms with E-state index in [9.17, 15) is 4.39 Å². The van der Waals surface area contributed by atoms with E-state index in [-0.39, 0.29) is 11.7 Å². The van der Waals surface area contributed by atoms with Gasteiger partial charge in [-0.3, -0.25) is 0 Å². The fourth-order valence-corrected chi connectivity index (χ4v) is 2.26. The number of rotatable bonds is 2. The van der Waals surface area contributed by atoms with E-state index in [1.54, 1.807) is 12.1 Å². The number of nitrogen functional groups attached to an aromatic ring is 1. The molecule has 2 rings (SSSR count). The highest BCUT2D eigenvalue weighted by Crippen LogP contribution is 2.31. The van der Waals surface area contributed by atoms with Crippen LogP contribution >= 0.6 is 15.9 Å². The molecule has 1 heterocycles.